The lowest BCUT2D eigenvalue weighted by Crippen LogP contribution is -2.37. The van der Waals surface area contributed by atoms with Crippen LogP contribution in [0.25, 0.3) is 27.8 Å². The topological polar surface area (TPSA) is 81.2 Å². The molecular weight excluding hydrogens is 464 g/mol. The van der Waals surface area contributed by atoms with Gasteiger partial charge >= 0.3 is 5.69 Å². The zero-order chi connectivity index (χ0) is 24.4. The highest BCUT2D eigenvalue weighted by Gasteiger charge is 2.35. The standard InChI is InChI=1S/C27H21ClN4O3/c1-30-24-21(26(34)31(2)27(30)35)23(15-8-4-3-5-9-15)32-19-11-7-6-10-18(19)29-22(25(24)32)17-14-16(28)12-13-20(17)33/h3-14,22,29,33H,1-2H3/t22-/m0/s1. The maximum Gasteiger partial charge on any atom is 0.331 e. The van der Waals surface area contributed by atoms with Crippen molar-refractivity contribution in [3.05, 3.63) is 110 Å². The molecule has 0 aliphatic carbocycles. The summed E-state index contributed by atoms with van der Waals surface area (Å²) in [5.74, 6) is 0.0577. The van der Waals surface area contributed by atoms with Gasteiger partial charge in [-0.05, 0) is 35.9 Å². The SMILES string of the molecule is Cn1c(=O)c2c(-c3ccccc3)n3c(c2n(C)c1=O)[C@H](c1cc(Cl)ccc1O)Nc1ccccc1-3. The zero-order valence-electron chi connectivity index (χ0n) is 19.0. The Morgan fingerprint density at radius 1 is 0.914 bits per heavy atom. The van der Waals surface area contributed by atoms with E-state index in [-0.39, 0.29) is 11.3 Å². The van der Waals surface area contributed by atoms with Gasteiger partial charge in [0.1, 0.15) is 5.75 Å². The molecule has 0 saturated carbocycles. The van der Waals surface area contributed by atoms with Crippen LogP contribution in [0.15, 0.2) is 82.4 Å². The summed E-state index contributed by atoms with van der Waals surface area (Å²) >= 11 is 6.33. The summed E-state index contributed by atoms with van der Waals surface area (Å²) in [4.78, 5) is 26.7. The van der Waals surface area contributed by atoms with Crippen molar-refractivity contribution < 1.29 is 5.11 Å². The van der Waals surface area contributed by atoms with Crippen molar-refractivity contribution in [2.24, 2.45) is 14.1 Å². The molecule has 2 aromatic heterocycles. The number of halogens is 1. The molecule has 0 radical (unpaired) electrons. The number of hydrogen-bond donors (Lipinski definition) is 2. The summed E-state index contributed by atoms with van der Waals surface area (Å²) < 4.78 is 4.66. The number of aromatic nitrogens is 3. The molecule has 0 saturated heterocycles. The molecule has 8 heteroatoms. The van der Waals surface area contributed by atoms with Gasteiger partial charge in [0.15, 0.2) is 0 Å². The lowest BCUT2D eigenvalue weighted by atomic mass is 9.98. The van der Waals surface area contributed by atoms with Crippen molar-refractivity contribution >= 4 is 28.2 Å². The van der Waals surface area contributed by atoms with Crippen LogP contribution in [0.5, 0.6) is 5.75 Å². The molecule has 1 aliphatic heterocycles. The van der Waals surface area contributed by atoms with Gasteiger partial charge in [-0.2, -0.15) is 0 Å². The third-order valence-corrected chi connectivity index (χ3v) is 6.91. The molecule has 1 aliphatic rings. The summed E-state index contributed by atoms with van der Waals surface area (Å²) in [6.07, 6.45) is 0. The second-order valence-electron chi connectivity index (χ2n) is 8.66. The minimum Gasteiger partial charge on any atom is -0.508 e. The van der Waals surface area contributed by atoms with Crippen LogP contribution < -0.4 is 16.6 Å². The molecule has 7 nitrogen and oxygen atoms in total. The number of phenols is 1. The average molecular weight is 485 g/mol. The van der Waals surface area contributed by atoms with E-state index in [4.69, 9.17) is 11.6 Å². The number of aryl methyl sites for hydroxylation is 1. The summed E-state index contributed by atoms with van der Waals surface area (Å²) in [6.45, 7) is 0. The first-order chi connectivity index (χ1) is 16.9. The molecule has 174 valence electrons. The molecule has 1 atom stereocenters. The molecule has 5 aromatic rings. The Kier molecular flexibility index (Phi) is 4.66. The van der Waals surface area contributed by atoms with Crippen LogP contribution >= 0.6 is 11.6 Å². The summed E-state index contributed by atoms with van der Waals surface area (Å²) in [5.41, 5.74) is 4.10. The lowest BCUT2D eigenvalue weighted by molar-refractivity contribution is 0.466. The minimum atomic E-state index is -0.582. The first-order valence-corrected chi connectivity index (χ1v) is 11.5. The Labute approximate surface area is 205 Å². The van der Waals surface area contributed by atoms with Gasteiger partial charge in [0.05, 0.1) is 39.7 Å². The predicted molar refractivity (Wildman–Crippen MR) is 138 cm³/mol. The minimum absolute atomic E-state index is 0.0577. The maximum absolute atomic E-state index is 13.6. The molecule has 35 heavy (non-hydrogen) atoms. The van der Waals surface area contributed by atoms with Crippen LogP contribution in [-0.4, -0.2) is 18.8 Å². The molecular formula is C27H21ClN4O3. The molecule has 0 spiro atoms. The number of fused-ring (bicyclic) bond motifs is 5. The van der Waals surface area contributed by atoms with E-state index in [9.17, 15) is 14.7 Å². The van der Waals surface area contributed by atoms with Crippen molar-refractivity contribution in [3.63, 3.8) is 0 Å². The molecule has 0 unspecified atom stereocenters. The maximum atomic E-state index is 13.6. The van der Waals surface area contributed by atoms with Gasteiger partial charge in [0, 0.05) is 24.7 Å². The van der Waals surface area contributed by atoms with E-state index in [1.807, 2.05) is 59.2 Å². The van der Waals surface area contributed by atoms with Crippen LogP contribution in [-0.2, 0) is 14.1 Å². The Hall–Kier alpha value is -4.23. The lowest BCUT2D eigenvalue weighted by Gasteiger charge is -2.31. The first kappa shape index (κ1) is 21.3. The number of phenolic OH excluding ortho intramolecular Hbond substituents is 1. The fourth-order valence-corrected chi connectivity index (χ4v) is 5.26. The monoisotopic (exact) mass is 484 g/mol. The largest absolute Gasteiger partial charge is 0.508 e. The van der Waals surface area contributed by atoms with Gasteiger partial charge in [-0.25, -0.2) is 4.79 Å². The number of benzene rings is 3. The quantitative estimate of drug-likeness (QED) is 0.384. The number of nitrogens with zero attached hydrogens (tertiary/aromatic N) is 3. The van der Waals surface area contributed by atoms with E-state index in [1.165, 1.54) is 11.6 Å². The Bertz CT molecular complexity index is 1770. The van der Waals surface area contributed by atoms with E-state index in [1.54, 1.807) is 25.2 Å². The highest BCUT2D eigenvalue weighted by atomic mass is 35.5. The van der Waals surface area contributed by atoms with Crippen LogP contribution in [0.3, 0.4) is 0 Å². The third kappa shape index (κ3) is 2.98. The second kappa shape index (κ2) is 7.65. The molecule has 3 aromatic carbocycles. The van der Waals surface area contributed by atoms with Gasteiger partial charge in [-0.1, -0.05) is 54.1 Å². The summed E-state index contributed by atoms with van der Waals surface area (Å²) in [5, 5.41) is 15.2. The zero-order valence-corrected chi connectivity index (χ0v) is 19.7. The number of para-hydroxylation sites is 2. The number of rotatable bonds is 2. The molecule has 0 fully saturated rings. The average Bonchev–Trinajstić information content (AvgIpc) is 3.24. The molecule has 3 heterocycles. The smallest absolute Gasteiger partial charge is 0.331 e. The number of nitrogens with one attached hydrogen (secondary N) is 1. The molecule has 0 amide bonds. The summed E-state index contributed by atoms with van der Waals surface area (Å²) in [7, 11) is 3.15. The number of aromatic hydroxyl groups is 1. The van der Waals surface area contributed by atoms with E-state index < -0.39 is 11.7 Å². The fourth-order valence-electron chi connectivity index (χ4n) is 5.08. The normalized spacial score (nSPS) is 14.4. The van der Waals surface area contributed by atoms with E-state index in [2.05, 4.69) is 5.32 Å². The Morgan fingerprint density at radius 2 is 1.63 bits per heavy atom. The fraction of sp³-hybridized carbons (Fsp3) is 0.111. The van der Waals surface area contributed by atoms with Crippen LogP contribution in [0.4, 0.5) is 5.69 Å². The van der Waals surface area contributed by atoms with Crippen molar-refractivity contribution in [1.82, 2.24) is 13.7 Å². The predicted octanol–water partition coefficient (Wildman–Crippen LogP) is 4.57. The van der Waals surface area contributed by atoms with Gasteiger partial charge in [-0.15, -0.1) is 0 Å². The van der Waals surface area contributed by atoms with E-state index in [0.717, 1.165) is 21.5 Å². The number of hydrogen-bond acceptors (Lipinski definition) is 4. The van der Waals surface area contributed by atoms with E-state index in [0.29, 0.717) is 32.9 Å². The van der Waals surface area contributed by atoms with E-state index >= 15 is 0 Å². The van der Waals surface area contributed by atoms with Gasteiger partial charge in [-0.3, -0.25) is 13.9 Å². The van der Waals surface area contributed by atoms with Crippen molar-refractivity contribution in [2.45, 2.75) is 6.04 Å². The van der Waals surface area contributed by atoms with Crippen molar-refractivity contribution in [1.29, 1.82) is 0 Å². The molecule has 2 N–H and O–H groups in total. The third-order valence-electron chi connectivity index (χ3n) is 6.67. The van der Waals surface area contributed by atoms with Gasteiger partial charge in [0.25, 0.3) is 5.56 Å². The Morgan fingerprint density at radius 3 is 2.40 bits per heavy atom. The van der Waals surface area contributed by atoms with Gasteiger partial charge < -0.3 is 15.0 Å². The summed E-state index contributed by atoms with van der Waals surface area (Å²) in [6, 6.07) is 21.7. The Balaban J connectivity index is 1.88. The second-order valence-corrected chi connectivity index (χ2v) is 9.10. The molecule has 0 bridgehead atoms. The van der Waals surface area contributed by atoms with Crippen LogP contribution in [0.1, 0.15) is 17.3 Å². The first-order valence-electron chi connectivity index (χ1n) is 11.1. The van der Waals surface area contributed by atoms with Crippen LogP contribution in [0.2, 0.25) is 5.02 Å². The van der Waals surface area contributed by atoms with Crippen molar-refractivity contribution in [2.75, 3.05) is 5.32 Å². The highest BCUT2D eigenvalue weighted by Crippen LogP contribution is 2.47. The number of anilines is 1. The van der Waals surface area contributed by atoms with Crippen LogP contribution in [0, 0.1) is 0 Å². The molecule has 6 rings (SSSR count). The van der Waals surface area contributed by atoms with Gasteiger partial charge in [0.2, 0.25) is 0 Å². The highest BCUT2D eigenvalue weighted by molar-refractivity contribution is 6.30. The van der Waals surface area contributed by atoms with Crippen molar-refractivity contribution in [3.8, 4) is 22.7 Å².